The Hall–Kier alpha value is -1.30. The SMILES string of the molecule is CCC(C)N(CCOC)C(=O)N(CC)CC(C)C(=O)O. The van der Waals surface area contributed by atoms with Crippen molar-refractivity contribution < 1.29 is 19.4 Å². The molecule has 0 aliphatic rings. The Bertz CT molecular complexity index is 310. The number of hydrogen-bond donors (Lipinski definition) is 1. The third kappa shape index (κ3) is 5.77. The number of methoxy groups -OCH3 is 1. The summed E-state index contributed by atoms with van der Waals surface area (Å²) in [7, 11) is 1.60. The van der Waals surface area contributed by atoms with E-state index in [1.807, 2.05) is 20.8 Å². The van der Waals surface area contributed by atoms with Crippen LogP contribution in [-0.2, 0) is 9.53 Å². The van der Waals surface area contributed by atoms with Crippen molar-refractivity contribution in [2.75, 3.05) is 33.4 Å². The van der Waals surface area contributed by atoms with E-state index in [1.165, 1.54) is 0 Å². The van der Waals surface area contributed by atoms with Gasteiger partial charge in [-0.15, -0.1) is 0 Å². The van der Waals surface area contributed by atoms with E-state index in [9.17, 15) is 9.59 Å². The van der Waals surface area contributed by atoms with Crippen molar-refractivity contribution in [1.82, 2.24) is 9.80 Å². The Morgan fingerprint density at radius 3 is 2.25 bits per heavy atom. The first-order chi connectivity index (χ1) is 9.38. The van der Waals surface area contributed by atoms with Crippen molar-refractivity contribution in [3.05, 3.63) is 0 Å². The molecule has 2 atom stereocenters. The normalized spacial score (nSPS) is 13.7. The van der Waals surface area contributed by atoms with Crippen LogP contribution in [-0.4, -0.2) is 66.3 Å². The van der Waals surface area contributed by atoms with Crippen LogP contribution in [0.4, 0.5) is 4.79 Å². The maximum atomic E-state index is 12.5. The summed E-state index contributed by atoms with van der Waals surface area (Å²) in [6.07, 6.45) is 0.849. The second kappa shape index (κ2) is 9.58. The maximum absolute atomic E-state index is 12.5. The predicted octanol–water partition coefficient (Wildman–Crippen LogP) is 1.90. The molecule has 0 saturated carbocycles. The first-order valence-electron chi connectivity index (χ1n) is 7.16. The average Bonchev–Trinajstić information content (AvgIpc) is 2.43. The third-order valence-electron chi connectivity index (χ3n) is 3.47. The van der Waals surface area contributed by atoms with Crippen molar-refractivity contribution in [3.63, 3.8) is 0 Å². The lowest BCUT2D eigenvalue weighted by Gasteiger charge is -2.34. The van der Waals surface area contributed by atoms with Crippen LogP contribution < -0.4 is 0 Å². The molecule has 0 aromatic rings. The molecular formula is C14H28N2O4. The van der Waals surface area contributed by atoms with Gasteiger partial charge in [-0.05, 0) is 20.3 Å². The quantitative estimate of drug-likeness (QED) is 0.703. The zero-order chi connectivity index (χ0) is 15.7. The molecule has 6 nitrogen and oxygen atoms in total. The molecule has 6 heteroatoms. The molecule has 0 bridgehead atoms. The van der Waals surface area contributed by atoms with Crippen LogP contribution >= 0.6 is 0 Å². The summed E-state index contributed by atoms with van der Waals surface area (Å²) in [5.74, 6) is -1.46. The van der Waals surface area contributed by atoms with Crippen LogP contribution in [0.2, 0.25) is 0 Å². The highest BCUT2D eigenvalue weighted by Gasteiger charge is 2.26. The molecule has 2 unspecified atom stereocenters. The fourth-order valence-corrected chi connectivity index (χ4v) is 1.85. The van der Waals surface area contributed by atoms with Crippen molar-refractivity contribution in [2.45, 2.75) is 40.2 Å². The van der Waals surface area contributed by atoms with Gasteiger partial charge in [0, 0.05) is 32.8 Å². The topological polar surface area (TPSA) is 70.1 Å². The van der Waals surface area contributed by atoms with Crippen molar-refractivity contribution in [2.24, 2.45) is 5.92 Å². The van der Waals surface area contributed by atoms with Crippen LogP contribution in [0.3, 0.4) is 0 Å². The molecule has 0 fully saturated rings. The molecule has 0 aliphatic carbocycles. The van der Waals surface area contributed by atoms with Gasteiger partial charge in [-0.3, -0.25) is 4.79 Å². The van der Waals surface area contributed by atoms with Gasteiger partial charge in [-0.1, -0.05) is 13.8 Å². The monoisotopic (exact) mass is 288 g/mol. The Kier molecular flexibility index (Phi) is 8.96. The van der Waals surface area contributed by atoms with Gasteiger partial charge >= 0.3 is 12.0 Å². The van der Waals surface area contributed by atoms with E-state index in [0.29, 0.717) is 19.7 Å². The number of rotatable bonds is 9. The van der Waals surface area contributed by atoms with Gasteiger partial charge in [-0.25, -0.2) is 4.79 Å². The largest absolute Gasteiger partial charge is 0.481 e. The van der Waals surface area contributed by atoms with Crippen LogP contribution in [0.5, 0.6) is 0 Å². The van der Waals surface area contributed by atoms with Gasteiger partial charge in [0.25, 0.3) is 0 Å². The summed E-state index contributed by atoms with van der Waals surface area (Å²) in [6, 6.07) is -0.0150. The maximum Gasteiger partial charge on any atom is 0.320 e. The van der Waals surface area contributed by atoms with E-state index in [2.05, 4.69) is 0 Å². The minimum Gasteiger partial charge on any atom is -0.481 e. The van der Waals surface area contributed by atoms with Gasteiger partial charge < -0.3 is 19.6 Å². The Morgan fingerprint density at radius 2 is 1.85 bits per heavy atom. The van der Waals surface area contributed by atoms with Crippen LogP contribution in [0, 0.1) is 5.92 Å². The smallest absolute Gasteiger partial charge is 0.320 e. The predicted molar refractivity (Wildman–Crippen MR) is 77.8 cm³/mol. The number of carbonyl (C=O) groups is 2. The third-order valence-corrected chi connectivity index (χ3v) is 3.47. The van der Waals surface area contributed by atoms with E-state index in [1.54, 1.807) is 23.8 Å². The number of carbonyl (C=O) groups excluding carboxylic acids is 1. The first kappa shape index (κ1) is 18.7. The minimum atomic E-state index is -0.886. The highest BCUT2D eigenvalue weighted by atomic mass is 16.5. The van der Waals surface area contributed by atoms with Gasteiger partial charge in [-0.2, -0.15) is 0 Å². The van der Waals surface area contributed by atoms with Gasteiger partial charge in [0.15, 0.2) is 0 Å². The molecule has 0 aromatic carbocycles. The summed E-state index contributed by atoms with van der Waals surface area (Å²) in [6.45, 7) is 9.19. The highest BCUT2D eigenvalue weighted by molar-refractivity contribution is 5.76. The standard InChI is InChI=1S/C14H28N2O4/c1-6-12(4)16(8-9-20-5)14(19)15(7-2)10-11(3)13(17)18/h11-12H,6-10H2,1-5H3,(H,17,18). The first-order valence-corrected chi connectivity index (χ1v) is 7.16. The lowest BCUT2D eigenvalue weighted by molar-refractivity contribution is -0.141. The average molecular weight is 288 g/mol. The second-order valence-electron chi connectivity index (χ2n) is 5.00. The molecule has 20 heavy (non-hydrogen) atoms. The molecule has 1 N–H and O–H groups in total. The zero-order valence-corrected chi connectivity index (χ0v) is 13.3. The molecule has 0 rings (SSSR count). The van der Waals surface area contributed by atoms with E-state index < -0.39 is 11.9 Å². The molecule has 0 radical (unpaired) electrons. The summed E-state index contributed by atoms with van der Waals surface area (Å²) in [5.41, 5.74) is 0. The summed E-state index contributed by atoms with van der Waals surface area (Å²) >= 11 is 0. The van der Waals surface area contributed by atoms with Crippen molar-refractivity contribution >= 4 is 12.0 Å². The second-order valence-corrected chi connectivity index (χ2v) is 5.00. The molecule has 0 aromatic heterocycles. The van der Waals surface area contributed by atoms with Crippen LogP contribution in [0.25, 0.3) is 0 Å². The lowest BCUT2D eigenvalue weighted by atomic mass is 10.1. The number of amides is 2. The Morgan fingerprint density at radius 1 is 1.25 bits per heavy atom. The fraction of sp³-hybridized carbons (Fsp3) is 0.857. The number of aliphatic carboxylic acids is 1. The number of ether oxygens (including phenoxy) is 1. The van der Waals surface area contributed by atoms with Crippen molar-refractivity contribution in [1.29, 1.82) is 0 Å². The number of carboxylic acids is 1. The van der Waals surface area contributed by atoms with Crippen LogP contribution in [0.1, 0.15) is 34.1 Å². The summed E-state index contributed by atoms with van der Waals surface area (Å²) in [4.78, 5) is 26.8. The van der Waals surface area contributed by atoms with E-state index in [0.717, 1.165) is 6.42 Å². The summed E-state index contributed by atoms with van der Waals surface area (Å²) < 4.78 is 5.04. The molecule has 0 spiro atoms. The van der Waals surface area contributed by atoms with Gasteiger partial charge in [0.2, 0.25) is 0 Å². The lowest BCUT2D eigenvalue weighted by Crippen LogP contribution is -2.50. The molecule has 0 saturated heterocycles. The van der Waals surface area contributed by atoms with E-state index in [4.69, 9.17) is 9.84 Å². The van der Waals surface area contributed by atoms with Crippen LogP contribution in [0.15, 0.2) is 0 Å². The van der Waals surface area contributed by atoms with E-state index in [-0.39, 0.29) is 18.6 Å². The molecule has 118 valence electrons. The summed E-state index contributed by atoms with van der Waals surface area (Å²) in [5, 5.41) is 8.97. The fourth-order valence-electron chi connectivity index (χ4n) is 1.85. The molecular weight excluding hydrogens is 260 g/mol. The van der Waals surface area contributed by atoms with Gasteiger partial charge in [0.05, 0.1) is 12.5 Å². The van der Waals surface area contributed by atoms with Gasteiger partial charge in [0.1, 0.15) is 0 Å². The highest BCUT2D eigenvalue weighted by Crippen LogP contribution is 2.10. The number of carboxylic acid groups (broad SMARTS) is 1. The Labute approximate surface area is 121 Å². The van der Waals surface area contributed by atoms with E-state index >= 15 is 0 Å². The Balaban J connectivity index is 4.84. The number of hydrogen-bond acceptors (Lipinski definition) is 3. The van der Waals surface area contributed by atoms with Crippen molar-refractivity contribution in [3.8, 4) is 0 Å². The molecule has 2 amide bonds. The zero-order valence-electron chi connectivity index (χ0n) is 13.3. The number of nitrogens with zero attached hydrogens (tertiary/aromatic N) is 2. The number of urea groups is 1. The minimum absolute atomic E-state index is 0.104. The molecule has 0 aliphatic heterocycles. The molecule has 0 heterocycles.